The van der Waals surface area contributed by atoms with E-state index in [0.29, 0.717) is 11.4 Å². The van der Waals surface area contributed by atoms with Gasteiger partial charge < -0.3 is 15.0 Å². The van der Waals surface area contributed by atoms with Gasteiger partial charge in [-0.1, -0.05) is 0 Å². The number of aromatic amines is 1. The monoisotopic (exact) mass is 297 g/mol. The lowest BCUT2D eigenvalue weighted by Crippen LogP contribution is -2.36. The van der Waals surface area contributed by atoms with Crippen LogP contribution in [-0.4, -0.2) is 33.1 Å². The number of piperidine rings is 1. The zero-order chi connectivity index (χ0) is 15.5. The van der Waals surface area contributed by atoms with Gasteiger partial charge in [0.2, 0.25) is 0 Å². The number of pyridine rings is 1. The molecule has 0 spiro atoms. The van der Waals surface area contributed by atoms with Crippen molar-refractivity contribution in [2.24, 2.45) is 5.92 Å². The first kappa shape index (κ1) is 14.5. The number of aryl methyl sites for hydroxylation is 1. The van der Waals surface area contributed by atoms with E-state index in [1.807, 2.05) is 19.1 Å². The summed E-state index contributed by atoms with van der Waals surface area (Å²) < 4.78 is 0. The fourth-order valence-corrected chi connectivity index (χ4v) is 2.96. The predicted octanol–water partition coefficient (Wildman–Crippen LogP) is 1.93. The number of nitrogens with zero attached hydrogens (tertiary/aromatic N) is 4. The largest absolute Gasteiger partial charge is 0.385 e. The van der Waals surface area contributed by atoms with Gasteiger partial charge in [0.25, 0.3) is 0 Å². The Morgan fingerprint density at radius 2 is 2.18 bits per heavy atom. The number of aliphatic hydroxyl groups excluding tert-OH is 1. The molecule has 3 rings (SSSR count). The van der Waals surface area contributed by atoms with E-state index in [-0.39, 0.29) is 5.92 Å². The Morgan fingerprint density at radius 1 is 1.41 bits per heavy atom. The number of aromatic nitrogens is 3. The summed E-state index contributed by atoms with van der Waals surface area (Å²) in [6.45, 7) is 3.50. The number of imidazole rings is 1. The average Bonchev–Trinajstić information content (AvgIpc) is 3.09. The Morgan fingerprint density at radius 3 is 2.82 bits per heavy atom. The van der Waals surface area contributed by atoms with Crippen molar-refractivity contribution in [2.45, 2.75) is 25.9 Å². The number of hydrogen-bond donors (Lipinski definition) is 2. The van der Waals surface area contributed by atoms with Gasteiger partial charge in [-0.2, -0.15) is 5.26 Å². The summed E-state index contributed by atoms with van der Waals surface area (Å²) in [6, 6.07) is 5.89. The van der Waals surface area contributed by atoms with Crippen molar-refractivity contribution in [1.29, 1.82) is 5.26 Å². The van der Waals surface area contributed by atoms with E-state index < -0.39 is 6.10 Å². The zero-order valence-corrected chi connectivity index (χ0v) is 12.5. The quantitative estimate of drug-likeness (QED) is 0.903. The molecule has 0 aliphatic carbocycles. The maximum absolute atomic E-state index is 10.4. The molecule has 1 aliphatic heterocycles. The van der Waals surface area contributed by atoms with Crippen LogP contribution in [0.3, 0.4) is 0 Å². The second-order valence-electron chi connectivity index (χ2n) is 5.68. The van der Waals surface area contributed by atoms with Crippen LogP contribution in [-0.2, 0) is 0 Å². The highest BCUT2D eigenvalue weighted by Crippen LogP contribution is 2.31. The van der Waals surface area contributed by atoms with E-state index in [2.05, 4.69) is 25.9 Å². The minimum Gasteiger partial charge on any atom is -0.385 e. The third-order valence-corrected chi connectivity index (χ3v) is 4.22. The zero-order valence-electron chi connectivity index (χ0n) is 12.5. The number of nitrogens with one attached hydrogen (secondary N) is 1. The fraction of sp³-hybridized carbons (Fsp3) is 0.438. The Kier molecular flexibility index (Phi) is 4.07. The van der Waals surface area contributed by atoms with Crippen molar-refractivity contribution in [3.8, 4) is 6.07 Å². The van der Waals surface area contributed by atoms with Crippen molar-refractivity contribution in [3.63, 3.8) is 0 Å². The van der Waals surface area contributed by atoms with Crippen molar-refractivity contribution < 1.29 is 5.11 Å². The van der Waals surface area contributed by atoms with Crippen molar-refractivity contribution >= 4 is 5.82 Å². The van der Waals surface area contributed by atoms with Gasteiger partial charge in [0.05, 0.1) is 5.56 Å². The maximum Gasteiger partial charge on any atom is 0.146 e. The van der Waals surface area contributed by atoms with E-state index in [9.17, 15) is 10.4 Å². The summed E-state index contributed by atoms with van der Waals surface area (Å²) in [7, 11) is 0. The second-order valence-corrected chi connectivity index (χ2v) is 5.68. The summed E-state index contributed by atoms with van der Waals surface area (Å²) in [5, 5.41) is 19.6. The van der Waals surface area contributed by atoms with Crippen molar-refractivity contribution in [2.75, 3.05) is 18.0 Å². The molecule has 2 aromatic rings. The van der Waals surface area contributed by atoms with Gasteiger partial charge in [-0.15, -0.1) is 0 Å². The molecular formula is C16H19N5O. The minimum atomic E-state index is -0.557. The highest BCUT2D eigenvalue weighted by molar-refractivity contribution is 5.54. The number of nitriles is 1. The molecular weight excluding hydrogens is 278 g/mol. The van der Waals surface area contributed by atoms with Gasteiger partial charge in [0, 0.05) is 31.2 Å². The Labute approximate surface area is 129 Å². The first-order chi connectivity index (χ1) is 10.7. The molecule has 1 fully saturated rings. The van der Waals surface area contributed by atoms with Crippen LogP contribution < -0.4 is 4.90 Å². The van der Waals surface area contributed by atoms with Crippen LogP contribution in [0.1, 0.15) is 36.0 Å². The third kappa shape index (κ3) is 2.81. The van der Waals surface area contributed by atoms with E-state index in [1.54, 1.807) is 12.4 Å². The second kappa shape index (κ2) is 6.16. The van der Waals surface area contributed by atoms with Crippen LogP contribution in [0.4, 0.5) is 5.82 Å². The Hall–Kier alpha value is -2.39. The van der Waals surface area contributed by atoms with E-state index >= 15 is 0 Å². The molecule has 1 saturated heterocycles. The van der Waals surface area contributed by atoms with Crippen LogP contribution in [0.2, 0.25) is 0 Å². The SMILES string of the molecule is Cc1ccc(C#N)c(N2CCC(C(O)c3ncc[nH]3)CC2)n1. The van der Waals surface area contributed by atoms with Crippen LogP contribution in [0.5, 0.6) is 0 Å². The molecule has 0 bridgehead atoms. The summed E-state index contributed by atoms with van der Waals surface area (Å²) in [5.74, 6) is 1.57. The Balaban J connectivity index is 1.70. The standard InChI is InChI=1S/C16H19N5O/c1-11-2-3-13(10-17)16(20-11)21-8-4-12(5-9-21)14(22)15-18-6-7-19-15/h2-3,6-7,12,14,22H,4-5,8-9H2,1H3,(H,18,19). The molecule has 0 aromatic carbocycles. The molecule has 1 atom stereocenters. The van der Waals surface area contributed by atoms with Gasteiger partial charge >= 0.3 is 0 Å². The van der Waals surface area contributed by atoms with Crippen LogP contribution in [0, 0.1) is 24.2 Å². The summed E-state index contributed by atoms with van der Waals surface area (Å²) >= 11 is 0. The van der Waals surface area contributed by atoms with Crippen molar-refractivity contribution in [1.82, 2.24) is 15.0 Å². The van der Waals surface area contributed by atoms with Gasteiger partial charge in [-0.3, -0.25) is 0 Å². The predicted molar refractivity (Wildman–Crippen MR) is 82.2 cm³/mol. The maximum atomic E-state index is 10.4. The highest BCUT2D eigenvalue weighted by Gasteiger charge is 2.28. The minimum absolute atomic E-state index is 0.178. The normalized spacial score (nSPS) is 17.2. The van der Waals surface area contributed by atoms with Crippen LogP contribution >= 0.6 is 0 Å². The molecule has 2 aromatic heterocycles. The lowest BCUT2D eigenvalue weighted by Gasteiger charge is -2.34. The molecule has 6 heteroatoms. The first-order valence-corrected chi connectivity index (χ1v) is 7.49. The number of anilines is 1. The van der Waals surface area contributed by atoms with Gasteiger partial charge in [0.1, 0.15) is 23.8 Å². The number of rotatable bonds is 3. The van der Waals surface area contributed by atoms with Crippen LogP contribution in [0.15, 0.2) is 24.5 Å². The van der Waals surface area contributed by atoms with Crippen LogP contribution in [0.25, 0.3) is 0 Å². The first-order valence-electron chi connectivity index (χ1n) is 7.49. The lowest BCUT2D eigenvalue weighted by atomic mass is 9.90. The molecule has 1 unspecified atom stereocenters. The third-order valence-electron chi connectivity index (χ3n) is 4.22. The molecule has 3 heterocycles. The van der Waals surface area contributed by atoms with E-state index in [0.717, 1.165) is 37.4 Å². The molecule has 22 heavy (non-hydrogen) atoms. The topological polar surface area (TPSA) is 88.8 Å². The molecule has 6 nitrogen and oxygen atoms in total. The lowest BCUT2D eigenvalue weighted by molar-refractivity contribution is 0.0856. The van der Waals surface area contributed by atoms with E-state index in [1.165, 1.54) is 0 Å². The summed E-state index contributed by atoms with van der Waals surface area (Å²) in [6.07, 6.45) is 4.52. The smallest absolute Gasteiger partial charge is 0.146 e. The number of hydrogen-bond acceptors (Lipinski definition) is 5. The molecule has 0 amide bonds. The highest BCUT2D eigenvalue weighted by atomic mass is 16.3. The molecule has 0 radical (unpaired) electrons. The Bertz CT molecular complexity index is 668. The van der Waals surface area contributed by atoms with E-state index in [4.69, 9.17) is 0 Å². The fourth-order valence-electron chi connectivity index (χ4n) is 2.96. The van der Waals surface area contributed by atoms with Gasteiger partial charge in [0.15, 0.2) is 0 Å². The molecule has 2 N–H and O–H groups in total. The van der Waals surface area contributed by atoms with Gasteiger partial charge in [-0.05, 0) is 37.8 Å². The number of aliphatic hydroxyl groups is 1. The van der Waals surface area contributed by atoms with Gasteiger partial charge in [-0.25, -0.2) is 9.97 Å². The molecule has 114 valence electrons. The average molecular weight is 297 g/mol. The summed E-state index contributed by atoms with van der Waals surface area (Å²) in [5.41, 5.74) is 1.52. The number of H-pyrrole nitrogens is 1. The molecule has 0 saturated carbocycles. The molecule has 1 aliphatic rings. The summed E-state index contributed by atoms with van der Waals surface area (Å²) in [4.78, 5) is 13.8. The van der Waals surface area contributed by atoms with Crippen molar-refractivity contribution in [3.05, 3.63) is 41.6 Å².